The van der Waals surface area contributed by atoms with Gasteiger partial charge in [-0.2, -0.15) is 13.2 Å². The number of nitrogens with one attached hydrogen (secondary N) is 1. The molecule has 0 aliphatic carbocycles. The lowest BCUT2D eigenvalue weighted by molar-refractivity contribution is -0.137. The third-order valence-corrected chi connectivity index (χ3v) is 4.21. The molecule has 1 aromatic carbocycles. The van der Waals surface area contributed by atoms with Gasteiger partial charge < -0.3 is 10.4 Å². The summed E-state index contributed by atoms with van der Waals surface area (Å²) in [5.74, 6) is -0.542. The summed E-state index contributed by atoms with van der Waals surface area (Å²) in [6.07, 6.45) is -5.62. The summed E-state index contributed by atoms with van der Waals surface area (Å²) in [5.41, 5.74) is -0.915. The van der Waals surface area contributed by atoms with Crippen LogP contribution in [0.25, 0.3) is 0 Å². The van der Waals surface area contributed by atoms with Gasteiger partial charge in [0.25, 0.3) is 0 Å². The van der Waals surface area contributed by atoms with E-state index < -0.39 is 33.4 Å². The Morgan fingerprint density at radius 1 is 1.26 bits per heavy atom. The summed E-state index contributed by atoms with van der Waals surface area (Å²) in [6.45, 7) is 0.0832. The molecule has 0 heterocycles. The van der Waals surface area contributed by atoms with E-state index in [0.29, 0.717) is 12.1 Å². The topological polar surface area (TPSA) is 66.4 Å². The lowest BCUT2D eigenvalue weighted by atomic mass is 10.2. The Bertz CT molecular complexity index is 511. The summed E-state index contributed by atoms with van der Waals surface area (Å²) >= 11 is 0. The van der Waals surface area contributed by atoms with Gasteiger partial charge in [0, 0.05) is 6.54 Å². The van der Waals surface area contributed by atoms with Gasteiger partial charge in [0.2, 0.25) is 0 Å². The second-order valence-corrected chi connectivity index (χ2v) is 6.05. The van der Waals surface area contributed by atoms with Crippen molar-refractivity contribution in [3.05, 3.63) is 29.8 Å². The Kier molecular flexibility index (Phi) is 4.94. The lowest BCUT2D eigenvalue weighted by Crippen LogP contribution is -2.30. The van der Waals surface area contributed by atoms with Gasteiger partial charge in [-0.1, -0.05) is 0 Å². The first kappa shape index (κ1) is 15.9. The number of aliphatic hydroxyl groups excluding tert-OH is 1. The molecule has 2 N–H and O–H groups in total. The average Bonchev–Trinajstić information content (AvgIpc) is 2.27. The second-order valence-electron chi connectivity index (χ2n) is 4.02. The minimum atomic E-state index is -4.51. The van der Waals surface area contributed by atoms with Crippen molar-refractivity contribution in [2.24, 2.45) is 0 Å². The van der Waals surface area contributed by atoms with E-state index in [4.69, 9.17) is 0 Å². The lowest BCUT2D eigenvalue weighted by Gasteiger charge is -2.11. The van der Waals surface area contributed by atoms with Gasteiger partial charge in [-0.3, -0.25) is 0 Å². The number of likely N-dealkylation sites (N-methyl/N-ethyl adjacent to an activating group) is 1. The molecule has 0 aliphatic rings. The Balaban J connectivity index is 2.91. The van der Waals surface area contributed by atoms with E-state index in [2.05, 4.69) is 5.32 Å². The van der Waals surface area contributed by atoms with Crippen LogP contribution in [-0.2, 0) is 16.0 Å². The number of halogens is 3. The molecular formula is C11H14F3NO3S. The fourth-order valence-corrected chi connectivity index (χ4v) is 2.86. The average molecular weight is 297 g/mol. The zero-order chi connectivity index (χ0) is 14.7. The molecule has 1 rings (SSSR count). The predicted octanol–water partition coefficient (Wildman–Crippen LogP) is 1.06. The van der Waals surface area contributed by atoms with Crippen LogP contribution in [0.4, 0.5) is 13.2 Å². The molecule has 0 bridgehead atoms. The number of alkyl halides is 3. The number of sulfone groups is 1. The van der Waals surface area contributed by atoms with E-state index >= 15 is 0 Å². The van der Waals surface area contributed by atoms with E-state index in [-0.39, 0.29) is 11.4 Å². The van der Waals surface area contributed by atoms with Crippen molar-refractivity contribution >= 4 is 9.84 Å². The molecule has 4 nitrogen and oxygen atoms in total. The molecule has 1 aromatic rings. The van der Waals surface area contributed by atoms with Crippen LogP contribution in [0.15, 0.2) is 29.2 Å². The number of hydrogen-bond acceptors (Lipinski definition) is 4. The zero-order valence-corrected chi connectivity index (χ0v) is 10.9. The molecule has 1 atom stereocenters. The number of rotatable bonds is 5. The van der Waals surface area contributed by atoms with Gasteiger partial charge in [-0.15, -0.1) is 0 Å². The fourth-order valence-electron chi connectivity index (χ4n) is 1.50. The van der Waals surface area contributed by atoms with Crippen molar-refractivity contribution in [2.45, 2.75) is 17.2 Å². The van der Waals surface area contributed by atoms with Gasteiger partial charge in [0.15, 0.2) is 9.84 Å². The summed E-state index contributed by atoms with van der Waals surface area (Å²) in [4.78, 5) is -0.240. The van der Waals surface area contributed by atoms with E-state index in [1.807, 2.05) is 0 Å². The maximum atomic E-state index is 12.3. The normalized spacial score (nSPS) is 14.4. The van der Waals surface area contributed by atoms with Crippen LogP contribution in [0, 0.1) is 0 Å². The number of aliphatic hydroxyl groups is 1. The molecular weight excluding hydrogens is 283 g/mol. The molecule has 0 radical (unpaired) electrons. The van der Waals surface area contributed by atoms with Gasteiger partial charge in [-0.05, 0) is 31.3 Å². The van der Waals surface area contributed by atoms with Crippen LogP contribution in [-0.4, -0.2) is 39.0 Å². The van der Waals surface area contributed by atoms with Crippen LogP contribution >= 0.6 is 0 Å². The van der Waals surface area contributed by atoms with Crippen molar-refractivity contribution in [3.8, 4) is 0 Å². The van der Waals surface area contributed by atoms with E-state index in [0.717, 1.165) is 12.1 Å². The van der Waals surface area contributed by atoms with Crippen LogP contribution in [0.2, 0.25) is 0 Å². The summed E-state index contributed by atoms with van der Waals surface area (Å²) in [6, 6.07) is 3.20. The van der Waals surface area contributed by atoms with Gasteiger partial charge in [-0.25, -0.2) is 8.42 Å². The number of hydrogen-bond donors (Lipinski definition) is 2. The molecule has 0 fully saturated rings. The second kappa shape index (κ2) is 5.89. The molecule has 0 saturated heterocycles. The molecule has 1 unspecified atom stereocenters. The van der Waals surface area contributed by atoms with Gasteiger partial charge in [0.1, 0.15) is 0 Å². The highest BCUT2D eigenvalue weighted by Crippen LogP contribution is 2.29. The quantitative estimate of drug-likeness (QED) is 0.853. The van der Waals surface area contributed by atoms with Crippen molar-refractivity contribution < 1.29 is 26.7 Å². The highest BCUT2D eigenvalue weighted by Gasteiger charge is 2.30. The van der Waals surface area contributed by atoms with Crippen molar-refractivity contribution in [1.82, 2.24) is 5.32 Å². The van der Waals surface area contributed by atoms with Crippen molar-refractivity contribution in [3.63, 3.8) is 0 Å². The predicted molar refractivity (Wildman–Crippen MR) is 63.4 cm³/mol. The summed E-state index contributed by atoms with van der Waals surface area (Å²) in [7, 11) is -2.25. The van der Waals surface area contributed by atoms with Gasteiger partial charge in [0.05, 0.1) is 22.3 Å². The molecule has 0 amide bonds. The smallest absolute Gasteiger partial charge is 0.391 e. The standard InChI is InChI=1S/C11H14F3NO3S/c1-15-6-9(16)7-19(17,18)10-4-2-8(3-5-10)11(12,13)14/h2-5,9,15-16H,6-7H2,1H3. The minimum Gasteiger partial charge on any atom is -0.391 e. The maximum Gasteiger partial charge on any atom is 0.416 e. The summed E-state index contributed by atoms with van der Waals surface area (Å²) < 4.78 is 60.6. The van der Waals surface area contributed by atoms with Crippen LogP contribution in [0.1, 0.15) is 5.56 Å². The van der Waals surface area contributed by atoms with Crippen LogP contribution < -0.4 is 5.32 Å². The van der Waals surface area contributed by atoms with Crippen molar-refractivity contribution in [1.29, 1.82) is 0 Å². The third kappa shape index (κ3) is 4.48. The summed E-state index contributed by atoms with van der Waals surface area (Å²) in [5, 5.41) is 12.0. The van der Waals surface area contributed by atoms with E-state index in [1.54, 1.807) is 7.05 Å². The first-order valence-electron chi connectivity index (χ1n) is 5.39. The monoisotopic (exact) mass is 297 g/mol. The van der Waals surface area contributed by atoms with Crippen molar-refractivity contribution in [2.75, 3.05) is 19.3 Å². The molecule has 0 aromatic heterocycles. The Morgan fingerprint density at radius 2 is 1.79 bits per heavy atom. The molecule has 0 saturated carbocycles. The Labute approximate surface area is 109 Å². The molecule has 0 aliphatic heterocycles. The SMILES string of the molecule is CNCC(O)CS(=O)(=O)c1ccc(C(F)(F)F)cc1. The minimum absolute atomic E-state index is 0.0832. The number of benzene rings is 1. The highest BCUT2D eigenvalue weighted by atomic mass is 32.2. The van der Waals surface area contributed by atoms with Gasteiger partial charge >= 0.3 is 6.18 Å². The first-order valence-corrected chi connectivity index (χ1v) is 7.04. The molecule has 108 valence electrons. The van der Waals surface area contributed by atoms with E-state index in [1.165, 1.54) is 0 Å². The fraction of sp³-hybridized carbons (Fsp3) is 0.455. The molecule has 19 heavy (non-hydrogen) atoms. The largest absolute Gasteiger partial charge is 0.416 e. The van der Waals surface area contributed by atoms with Crippen LogP contribution in [0.3, 0.4) is 0 Å². The highest BCUT2D eigenvalue weighted by molar-refractivity contribution is 7.91. The first-order chi connectivity index (χ1) is 8.66. The third-order valence-electron chi connectivity index (χ3n) is 2.39. The van der Waals surface area contributed by atoms with Crippen LogP contribution in [0.5, 0.6) is 0 Å². The Hall–Kier alpha value is -1.12. The molecule has 8 heteroatoms. The maximum absolute atomic E-state index is 12.3. The van der Waals surface area contributed by atoms with E-state index in [9.17, 15) is 26.7 Å². The Morgan fingerprint density at radius 3 is 2.21 bits per heavy atom. The zero-order valence-electron chi connectivity index (χ0n) is 10.1. The molecule has 0 spiro atoms.